The molecule has 0 aromatic carbocycles. The number of amides is 2. The van der Waals surface area contributed by atoms with Crippen molar-refractivity contribution in [2.45, 2.75) is 38.6 Å². The van der Waals surface area contributed by atoms with Crippen molar-refractivity contribution in [2.24, 2.45) is 0 Å². The molecule has 1 aliphatic rings. The van der Waals surface area contributed by atoms with E-state index in [4.69, 9.17) is 21.1 Å². The number of morpholine rings is 1. The van der Waals surface area contributed by atoms with Crippen molar-refractivity contribution < 1.29 is 24.2 Å². The minimum absolute atomic E-state index is 0.186. The van der Waals surface area contributed by atoms with E-state index in [2.05, 4.69) is 20.3 Å². The number of nitrogens with zero attached hydrogens (tertiary/aromatic N) is 4. The molecule has 32 heavy (non-hydrogen) atoms. The van der Waals surface area contributed by atoms with Crippen LogP contribution in [0.3, 0.4) is 0 Å². The Morgan fingerprint density at radius 3 is 2.66 bits per heavy atom. The average Bonchev–Trinajstić information content (AvgIpc) is 2.76. The molecule has 3 rings (SSSR count). The summed E-state index contributed by atoms with van der Waals surface area (Å²) >= 11 is 6.26. The Labute approximate surface area is 190 Å². The van der Waals surface area contributed by atoms with Gasteiger partial charge >= 0.3 is 6.09 Å². The molecule has 10 nitrogen and oxygen atoms in total. The molecule has 2 atom stereocenters. The van der Waals surface area contributed by atoms with E-state index in [1.165, 1.54) is 24.3 Å². The molecule has 1 fully saturated rings. The van der Waals surface area contributed by atoms with E-state index in [0.29, 0.717) is 17.0 Å². The van der Waals surface area contributed by atoms with E-state index in [0.717, 1.165) is 0 Å². The third-order valence-electron chi connectivity index (χ3n) is 4.60. The second-order valence-electron chi connectivity index (χ2n) is 8.29. The molecule has 1 aliphatic heterocycles. The molecule has 0 aliphatic carbocycles. The van der Waals surface area contributed by atoms with Crippen molar-refractivity contribution in [2.75, 3.05) is 26.7 Å². The van der Waals surface area contributed by atoms with Crippen LogP contribution in [0.4, 0.5) is 4.79 Å². The first-order chi connectivity index (χ1) is 15.1. The number of carbonyl (C=O) groups excluding carboxylic acids is 2. The summed E-state index contributed by atoms with van der Waals surface area (Å²) in [5.74, 6) is -0.356. The number of pyridine rings is 1. The second-order valence-corrected chi connectivity index (χ2v) is 8.68. The van der Waals surface area contributed by atoms with Crippen LogP contribution in [0.1, 0.15) is 42.9 Å². The van der Waals surface area contributed by atoms with Gasteiger partial charge in [-0.2, -0.15) is 0 Å². The van der Waals surface area contributed by atoms with E-state index in [9.17, 15) is 14.7 Å². The number of hydrogen-bond donors (Lipinski definition) is 2. The van der Waals surface area contributed by atoms with Gasteiger partial charge in [0, 0.05) is 7.05 Å². The summed E-state index contributed by atoms with van der Waals surface area (Å²) in [6, 6.07) is 4.86. The van der Waals surface area contributed by atoms with E-state index in [-0.39, 0.29) is 36.5 Å². The molecule has 2 aromatic heterocycles. The SMILES string of the molecule is CNC(=O)c1cc(-c2cc(C3CN(C(=O)OC(C)(C)C)CC(CO)O3)cc(Cl)n2)ncn1. The zero-order chi connectivity index (χ0) is 23.5. The second kappa shape index (κ2) is 9.76. The van der Waals surface area contributed by atoms with Crippen molar-refractivity contribution in [3.63, 3.8) is 0 Å². The van der Waals surface area contributed by atoms with Gasteiger partial charge in [0.1, 0.15) is 28.9 Å². The van der Waals surface area contributed by atoms with Gasteiger partial charge in [-0.1, -0.05) is 11.6 Å². The topological polar surface area (TPSA) is 127 Å². The summed E-state index contributed by atoms with van der Waals surface area (Å²) in [6.45, 7) is 5.51. The van der Waals surface area contributed by atoms with Crippen LogP contribution in [0.5, 0.6) is 0 Å². The highest BCUT2D eigenvalue weighted by molar-refractivity contribution is 6.29. The van der Waals surface area contributed by atoms with E-state index in [1.807, 2.05) is 0 Å². The van der Waals surface area contributed by atoms with Crippen molar-refractivity contribution in [1.29, 1.82) is 0 Å². The van der Waals surface area contributed by atoms with Crippen molar-refractivity contribution in [1.82, 2.24) is 25.2 Å². The molecule has 2 aromatic rings. The van der Waals surface area contributed by atoms with Crippen LogP contribution < -0.4 is 5.32 Å². The van der Waals surface area contributed by atoms with Gasteiger partial charge in [-0.05, 0) is 44.5 Å². The number of halogens is 1. The first-order valence-corrected chi connectivity index (χ1v) is 10.4. The predicted molar refractivity (Wildman–Crippen MR) is 116 cm³/mol. The smallest absolute Gasteiger partial charge is 0.410 e. The molecule has 0 radical (unpaired) electrons. The fourth-order valence-corrected chi connectivity index (χ4v) is 3.40. The first kappa shape index (κ1) is 23.8. The van der Waals surface area contributed by atoms with Crippen LogP contribution in [-0.4, -0.2) is 75.4 Å². The van der Waals surface area contributed by atoms with Crippen LogP contribution in [0, 0.1) is 0 Å². The van der Waals surface area contributed by atoms with Crippen molar-refractivity contribution in [3.8, 4) is 11.4 Å². The average molecular weight is 464 g/mol. The lowest BCUT2D eigenvalue weighted by atomic mass is 10.1. The Hall–Kier alpha value is -2.82. The summed E-state index contributed by atoms with van der Waals surface area (Å²) in [6.07, 6.45) is -0.384. The van der Waals surface area contributed by atoms with Crippen LogP contribution in [0.25, 0.3) is 11.4 Å². The fourth-order valence-electron chi connectivity index (χ4n) is 3.18. The Bertz CT molecular complexity index is 997. The number of ether oxygens (including phenoxy) is 2. The molecule has 0 spiro atoms. The monoisotopic (exact) mass is 463 g/mol. The predicted octanol–water partition coefficient (Wildman–Crippen LogP) is 2.22. The van der Waals surface area contributed by atoms with Crippen LogP contribution in [0.15, 0.2) is 24.5 Å². The Morgan fingerprint density at radius 2 is 2.00 bits per heavy atom. The number of hydrogen-bond acceptors (Lipinski definition) is 8. The quantitative estimate of drug-likeness (QED) is 0.661. The zero-order valence-corrected chi connectivity index (χ0v) is 19.1. The maximum absolute atomic E-state index is 12.6. The third kappa shape index (κ3) is 5.90. The summed E-state index contributed by atoms with van der Waals surface area (Å²) in [7, 11) is 1.51. The lowest BCUT2D eigenvalue weighted by molar-refractivity contribution is -0.104. The molecule has 172 valence electrons. The standard InChI is InChI=1S/C21H26ClN5O5/c1-21(2,3)32-20(30)27-8-13(10-28)31-17(9-27)12-5-15(26-18(22)6-12)14-7-16(19(29)23-4)25-11-24-14/h5-7,11,13,17,28H,8-10H2,1-4H3,(H,23,29). The Kier molecular flexibility index (Phi) is 7.27. The normalized spacial score (nSPS) is 18.9. The lowest BCUT2D eigenvalue weighted by Crippen LogP contribution is -2.49. The molecular formula is C21H26ClN5O5. The Morgan fingerprint density at radius 1 is 1.25 bits per heavy atom. The minimum Gasteiger partial charge on any atom is -0.444 e. The van der Waals surface area contributed by atoms with Gasteiger partial charge in [-0.25, -0.2) is 19.7 Å². The molecular weight excluding hydrogens is 438 g/mol. The van der Waals surface area contributed by atoms with E-state index >= 15 is 0 Å². The number of carbonyl (C=O) groups is 2. The molecule has 2 unspecified atom stereocenters. The van der Waals surface area contributed by atoms with Gasteiger partial charge in [-0.3, -0.25) is 4.79 Å². The first-order valence-electron chi connectivity index (χ1n) is 10.1. The lowest BCUT2D eigenvalue weighted by Gasteiger charge is -2.38. The number of aromatic nitrogens is 3. The van der Waals surface area contributed by atoms with Gasteiger partial charge in [0.15, 0.2) is 0 Å². The number of aliphatic hydroxyl groups is 1. The largest absolute Gasteiger partial charge is 0.444 e. The van der Waals surface area contributed by atoms with Gasteiger partial charge in [0.25, 0.3) is 5.91 Å². The summed E-state index contributed by atoms with van der Waals surface area (Å²) in [5, 5.41) is 12.4. The van der Waals surface area contributed by atoms with Crippen LogP contribution >= 0.6 is 11.6 Å². The highest BCUT2D eigenvalue weighted by Gasteiger charge is 2.34. The molecule has 2 N–H and O–H groups in total. The van der Waals surface area contributed by atoms with E-state index < -0.39 is 23.9 Å². The summed E-state index contributed by atoms with van der Waals surface area (Å²) in [5.41, 5.74) is 1.000. The zero-order valence-electron chi connectivity index (χ0n) is 18.3. The highest BCUT2D eigenvalue weighted by Crippen LogP contribution is 2.30. The highest BCUT2D eigenvalue weighted by atomic mass is 35.5. The molecule has 2 amide bonds. The number of nitrogens with one attached hydrogen (secondary N) is 1. The minimum atomic E-state index is -0.651. The molecule has 3 heterocycles. The Balaban J connectivity index is 1.91. The molecule has 0 bridgehead atoms. The van der Waals surface area contributed by atoms with Crippen LogP contribution in [-0.2, 0) is 9.47 Å². The maximum Gasteiger partial charge on any atom is 0.410 e. The third-order valence-corrected chi connectivity index (χ3v) is 4.79. The molecule has 1 saturated heterocycles. The fraction of sp³-hybridized carbons (Fsp3) is 0.476. The van der Waals surface area contributed by atoms with Crippen molar-refractivity contribution >= 4 is 23.6 Å². The summed E-state index contributed by atoms with van der Waals surface area (Å²) < 4.78 is 11.4. The van der Waals surface area contributed by atoms with Gasteiger partial charge in [-0.15, -0.1) is 0 Å². The van der Waals surface area contributed by atoms with Gasteiger partial charge in [0.05, 0.1) is 37.2 Å². The van der Waals surface area contributed by atoms with Crippen molar-refractivity contribution in [3.05, 3.63) is 40.9 Å². The number of rotatable bonds is 4. The van der Waals surface area contributed by atoms with Gasteiger partial charge in [0.2, 0.25) is 0 Å². The van der Waals surface area contributed by atoms with Gasteiger partial charge < -0.3 is 24.8 Å². The molecule has 11 heteroatoms. The van der Waals surface area contributed by atoms with E-state index in [1.54, 1.807) is 32.9 Å². The molecule has 0 saturated carbocycles. The maximum atomic E-state index is 12.6. The number of aliphatic hydroxyl groups excluding tert-OH is 1. The summed E-state index contributed by atoms with van der Waals surface area (Å²) in [4.78, 5) is 38.5. The van der Waals surface area contributed by atoms with Crippen LogP contribution in [0.2, 0.25) is 5.15 Å².